The second kappa shape index (κ2) is 16.5. The Morgan fingerprint density at radius 3 is 2.38 bits per heavy atom. The molecule has 2 amide bonds. The molecular formula is C38H42ClN5O4. The predicted molar refractivity (Wildman–Crippen MR) is 187 cm³/mol. The van der Waals surface area contributed by atoms with E-state index in [1.54, 1.807) is 24.3 Å². The molecule has 1 aromatic heterocycles. The van der Waals surface area contributed by atoms with Crippen LogP contribution in [0.1, 0.15) is 77.0 Å². The van der Waals surface area contributed by atoms with Crippen LogP contribution in [-0.2, 0) is 13.0 Å². The van der Waals surface area contributed by atoms with Crippen LogP contribution in [0, 0.1) is 18.3 Å². The average Bonchev–Trinajstić information content (AvgIpc) is 3.56. The lowest BCUT2D eigenvalue weighted by Gasteiger charge is -2.30. The van der Waals surface area contributed by atoms with E-state index in [2.05, 4.69) is 65.4 Å². The number of hydrogen-bond acceptors (Lipinski definition) is 6. The Kier molecular flexibility index (Phi) is 11.9. The highest BCUT2D eigenvalue weighted by atomic mass is 35.5. The number of carboxylic acid groups (broad SMARTS) is 1. The van der Waals surface area contributed by atoms with E-state index in [1.165, 1.54) is 11.1 Å². The molecule has 1 aliphatic rings. The fraction of sp³-hybridized carbons (Fsp3) is 0.342. The Morgan fingerprint density at radius 2 is 1.69 bits per heavy atom. The van der Waals surface area contributed by atoms with Crippen molar-refractivity contribution in [2.24, 2.45) is 0 Å². The molecule has 48 heavy (non-hydrogen) atoms. The van der Waals surface area contributed by atoms with E-state index in [1.807, 2.05) is 30.3 Å². The quantitative estimate of drug-likeness (QED) is 0.102. The van der Waals surface area contributed by atoms with Gasteiger partial charge in [0.25, 0.3) is 5.91 Å². The van der Waals surface area contributed by atoms with Gasteiger partial charge in [-0.25, -0.2) is 4.79 Å². The van der Waals surface area contributed by atoms with E-state index < -0.39 is 6.09 Å². The van der Waals surface area contributed by atoms with Crippen LogP contribution in [-0.4, -0.2) is 41.8 Å². The molecule has 0 bridgehead atoms. The largest absolute Gasteiger partial charge is 0.465 e. The topological polar surface area (TPSA) is 139 Å². The van der Waals surface area contributed by atoms with E-state index in [0.717, 1.165) is 42.6 Å². The highest BCUT2D eigenvalue weighted by Crippen LogP contribution is 2.28. The number of furan rings is 1. The van der Waals surface area contributed by atoms with Crippen molar-refractivity contribution in [3.05, 3.63) is 117 Å². The van der Waals surface area contributed by atoms with Crippen LogP contribution < -0.4 is 21.3 Å². The Hall–Kier alpha value is -4.62. The molecule has 2 atom stereocenters. The van der Waals surface area contributed by atoms with Gasteiger partial charge in [-0.3, -0.25) is 4.79 Å². The minimum absolute atomic E-state index is 0.0344. The van der Waals surface area contributed by atoms with Gasteiger partial charge in [0.15, 0.2) is 0 Å². The summed E-state index contributed by atoms with van der Waals surface area (Å²) in [6.45, 7) is 5.26. The van der Waals surface area contributed by atoms with Gasteiger partial charge < -0.3 is 30.8 Å². The summed E-state index contributed by atoms with van der Waals surface area (Å²) in [7, 11) is 0. The van der Waals surface area contributed by atoms with Crippen molar-refractivity contribution in [1.29, 1.82) is 5.26 Å². The number of amides is 2. The van der Waals surface area contributed by atoms with Gasteiger partial charge >= 0.3 is 6.09 Å². The lowest BCUT2D eigenvalue weighted by Crippen LogP contribution is -2.48. The first-order valence-electron chi connectivity index (χ1n) is 16.4. The summed E-state index contributed by atoms with van der Waals surface area (Å²) in [6.07, 6.45) is 2.74. The maximum Gasteiger partial charge on any atom is 0.404 e. The highest BCUT2D eigenvalue weighted by molar-refractivity contribution is 6.34. The number of nitriles is 1. The van der Waals surface area contributed by atoms with E-state index >= 15 is 0 Å². The molecule has 5 rings (SSSR count). The summed E-state index contributed by atoms with van der Waals surface area (Å²) in [5.41, 5.74) is 5.09. The summed E-state index contributed by atoms with van der Waals surface area (Å²) in [6, 6.07) is 27.2. The maximum absolute atomic E-state index is 13.7. The number of hydrogen-bond donors (Lipinski definition) is 5. The molecule has 0 saturated heterocycles. The van der Waals surface area contributed by atoms with Gasteiger partial charge in [-0.1, -0.05) is 53.6 Å². The molecule has 5 N–H and O–H groups in total. The molecule has 3 aromatic carbocycles. The SMILES string of the molecule is Cc1ccc(C(C)NCc2ccc(-c3ccc(Cl)c(C(=O)NC(CNC4CCC(NC(=O)O)CC4)Cc4ccc(C#N)cc4)c3)o2)cc1. The molecule has 250 valence electrons. The first-order chi connectivity index (χ1) is 23.2. The maximum atomic E-state index is 13.7. The minimum Gasteiger partial charge on any atom is -0.465 e. The van der Waals surface area contributed by atoms with Crippen LogP contribution in [0.5, 0.6) is 0 Å². The number of benzene rings is 3. The second-order valence-corrected chi connectivity index (χ2v) is 13.0. The molecule has 2 unspecified atom stereocenters. The van der Waals surface area contributed by atoms with Gasteiger partial charge in [0, 0.05) is 36.3 Å². The van der Waals surface area contributed by atoms with E-state index in [-0.39, 0.29) is 30.1 Å². The van der Waals surface area contributed by atoms with Gasteiger partial charge in [0.05, 0.1) is 28.8 Å². The number of nitrogens with one attached hydrogen (secondary N) is 4. The number of carbonyl (C=O) groups is 2. The summed E-state index contributed by atoms with van der Waals surface area (Å²) < 4.78 is 6.16. The van der Waals surface area contributed by atoms with Crippen LogP contribution in [0.25, 0.3) is 11.3 Å². The van der Waals surface area contributed by atoms with Gasteiger partial charge in [-0.15, -0.1) is 0 Å². The minimum atomic E-state index is -0.993. The molecule has 1 aliphatic carbocycles. The zero-order valence-electron chi connectivity index (χ0n) is 27.3. The normalized spacial score (nSPS) is 17.2. The predicted octanol–water partition coefficient (Wildman–Crippen LogP) is 7.14. The zero-order chi connectivity index (χ0) is 34.0. The third-order valence-corrected chi connectivity index (χ3v) is 9.25. The van der Waals surface area contributed by atoms with E-state index in [9.17, 15) is 14.9 Å². The summed E-state index contributed by atoms with van der Waals surface area (Å²) in [5, 5.41) is 31.4. The summed E-state index contributed by atoms with van der Waals surface area (Å²) in [5.74, 6) is 1.13. The lowest BCUT2D eigenvalue weighted by molar-refractivity contribution is 0.0935. The fourth-order valence-corrected chi connectivity index (χ4v) is 6.27. The monoisotopic (exact) mass is 667 g/mol. The van der Waals surface area contributed by atoms with Crippen molar-refractivity contribution in [3.8, 4) is 17.4 Å². The van der Waals surface area contributed by atoms with E-state index in [4.69, 9.17) is 21.1 Å². The average molecular weight is 668 g/mol. The zero-order valence-corrected chi connectivity index (χ0v) is 28.0. The van der Waals surface area contributed by atoms with Crippen LogP contribution in [0.3, 0.4) is 0 Å². The highest BCUT2D eigenvalue weighted by Gasteiger charge is 2.24. The third kappa shape index (κ3) is 9.71. The molecule has 4 aromatic rings. The molecule has 0 spiro atoms. The van der Waals surface area contributed by atoms with Gasteiger partial charge in [0.1, 0.15) is 11.5 Å². The number of halogens is 1. The lowest BCUT2D eigenvalue weighted by atomic mass is 9.91. The van der Waals surface area contributed by atoms with Gasteiger partial charge in [0.2, 0.25) is 0 Å². The van der Waals surface area contributed by atoms with Crippen molar-refractivity contribution >= 4 is 23.6 Å². The standard InChI is InChI=1S/C38H42ClN5O4/c1-24-3-9-28(10-4-24)25(2)41-23-33-16-18-36(48-33)29-11-17-35(39)34(20-29)37(45)43-32(19-26-5-7-27(21-40)8-6-26)22-42-30-12-14-31(15-13-30)44-38(46)47/h3-11,16-18,20,25,30-32,41-42,44H,12-15,19,22-23H2,1-2H3,(H,43,45)(H,46,47). The van der Waals surface area contributed by atoms with Gasteiger partial charge in [-0.05, 0) is 99.5 Å². The molecule has 0 radical (unpaired) electrons. The second-order valence-electron chi connectivity index (χ2n) is 12.6. The Bertz CT molecular complexity index is 1720. The molecule has 1 saturated carbocycles. The van der Waals surface area contributed by atoms with Crippen LogP contribution in [0.2, 0.25) is 5.02 Å². The van der Waals surface area contributed by atoms with Crippen molar-refractivity contribution in [3.63, 3.8) is 0 Å². The molecular weight excluding hydrogens is 626 g/mol. The van der Waals surface area contributed by atoms with Crippen LogP contribution >= 0.6 is 11.6 Å². The van der Waals surface area contributed by atoms with Crippen molar-refractivity contribution in [2.75, 3.05) is 6.54 Å². The molecule has 10 heteroatoms. The Balaban J connectivity index is 1.24. The van der Waals surface area contributed by atoms with E-state index in [0.29, 0.717) is 41.4 Å². The van der Waals surface area contributed by atoms with Gasteiger partial charge in [-0.2, -0.15) is 5.26 Å². The first-order valence-corrected chi connectivity index (χ1v) is 16.8. The molecule has 1 heterocycles. The van der Waals surface area contributed by atoms with Crippen LogP contribution in [0.4, 0.5) is 4.79 Å². The Morgan fingerprint density at radius 1 is 0.979 bits per heavy atom. The molecule has 0 aliphatic heterocycles. The smallest absolute Gasteiger partial charge is 0.404 e. The van der Waals surface area contributed by atoms with Crippen LogP contribution in [0.15, 0.2) is 83.3 Å². The third-order valence-electron chi connectivity index (χ3n) is 8.93. The van der Waals surface area contributed by atoms with Crippen molar-refractivity contribution in [1.82, 2.24) is 21.3 Å². The Labute approximate surface area is 286 Å². The number of carbonyl (C=O) groups excluding carboxylic acids is 1. The summed E-state index contributed by atoms with van der Waals surface area (Å²) >= 11 is 6.57. The molecule has 9 nitrogen and oxygen atoms in total. The number of nitrogens with zero attached hydrogens (tertiary/aromatic N) is 1. The first kappa shape index (κ1) is 34.7. The number of rotatable bonds is 13. The summed E-state index contributed by atoms with van der Waals surface area (Å²) in [4.78, 5) is 24.7. The fourth-order valence-electron chi connectivity index (χ4n) is 6.07. The van der Waals surface area contributed by atoms with Crippen molar-refractivity contribution in [2.45, 2.75) is 76.7 Å². The number of aryl methyl sites for hydroxylation is 1. The molecule has 1 fully saturated rings. The van der Waals surface area contributed by atoms with Crippen molar-refractivity contribution < 1.29 is 19.1 Å².